The maximum atomic E-state index is 13.2. The van der Waals surface area contributed by atoms with E-state index in [1.807, 2.05) is 26.0 Å². The van der Waals surface area contributed by atoms with E-state index < -0.39 is 0 Å². The first-order chi connectivity index (χ1) is 7.27. The molecule has 0 N–H and O–H groups in total. The quantitative estimate of drug-likeness (QED) is 0.680. The Balaban J connectivity index is 0.000000531. The summed E-state index contributed by atoms with van der Waals surface area (Å²) in [6.45, 7) is 7.94. The molecule has 2 rings (SSSR count). The maximum Gasteiger partial charge on any atom is 0.128 e. The van der Waals surface area contributed by atoms with E-state index >= 15 is 0 Å². The molecule has 0 amide bonds. The normalized spacial score (nSPS) is 14.8. The van der Waals surface area contributed by atoms with Gasteiger partial charge in [-0.2, -0.15) is 0 Å². The highest BCUT2D eigenvalue weighted by Crippen LogP contribution is 2.22. The van der Waals surface area contributed by atoms with Gasteiger partial charge in [0.25, 0.3) is 0 Å². The lowest BCUT2D eigenvalue weighted by Crippen LogP contribution is -2.17. The van der Waals surface area contributed by atoms with E-state index in [9.17, 15) is 4.39 Å². The first-order valence-corrected chi connectivity index (χ1v) is 5.78. The van der Waals surface area contributed by atoms with Crippen LogP contribution >= 0.6 is 0 Å². The van der Waals surface area contributed by atoms with E-state index in [2.05, 4.69) is 4.90 Å². The van der Waals surface area contributed by atoms with Gasteiger partial charge in [-0.15, -0.1) is 0 Å². The minimum atomic E-state index is -0.0931. The van der Waals surface area contributed by atoms with Gasteiger partial charge in [-0.05, 0) is 37.5 Å². The second kappa shape index (κ2) is 5.74. The Labute approximate surface area is 91.9 Å². The van der Waals surface area contributed by atoms with Gasteiger partial charge in [0.15, 0.2) is 0 Å². The average molecular weight is 209 g/mol. The molecule has 0 atom stereocenters. The van der Waals surface area contributed by atoms with Crippen LogP contribution in [-0.4, -0.2) is 13.1 Å². The van der Waals surface area contributed by atoms with Crippen molar-refractivity contribution in [1.82, 2.24) is 0 Å². The Morgan fingerprint density at radius 1 is 1.13 bits per heavy atom. The topological polar surface area (TPSA) is 3.24 Å². The largest absolute Gasteiger partial charge is 0.371 e. The highest BCUT2D eigenvalue weighted by atomic mass is 19.1. The molecule has 0 aliphatic carbocycles. The lowest BCUT2D eigenvalue weighted by Gasteiger charge is -2.17. The molecule has 84 valence electrons. The van der Waals surface area contributed by atoms with E-state index in [1.54, 1.807) is 13.0 Å². The van der Waals surface area contributed by atoms with Crippen molar-refractivity contribution >= 4 is 5.69 Å². The van der Waals surface area contributed by atoms with Crippen molar-refractivity contribution in [3.8, 4) is 0 Å². The fourth-order valence-corrected chi connectivity index (χ4v) is 1.75. The zero-order chi connectivity index (χ0) is 11.3. The van der Waals surface area contributed by atoms with E-state index in [0.717, 1.165) is 24.3 Å². The van der Waals surface area contributed by atoms with Gasteiger partial charge in [0.1, 0.15) is 5.82 Å². The first-order valence-electron chi connectivity index (χ1n) is 5.78. The molecule has 1 saturated heterocycles. The van der Waals surface area contributed by atoms with Gasteiger partial charge in [-0.1, -0.05) is 19.9 Å². The molecule has 15 heavy (non-hydrogen) atoms. The van der Waals surface area contributed by atoms with Crippen molar-refractivity contribution in [2.24, 2.45) is 0 Å². The number of rotatable bonds is 1. The van der Waals surface area contributed by atoms with E-state index in [-0.39, 0.29) is 5.82 Å². The lowest BCUT2D eigenvalue weighted by molar-refractivity contribution is 0.618. The lowest BCUT2D eigenvalue weighted by atomic mass is 10.2. The van der Waals surface area contributed by atoms with Crippen molar-refractivity contribution in [3.63, 3.8) is 0 Å². The Kier molecular flexibility index (Phi) is 4.60. The van der Waals surface area contributed by atoms with Crippen LogP contribution in [0.1, 0.15) is 32.3 Å². The van der Waals surface area contributed by atoms with Crippen LogP contribution in [0, 0.1) is 12.7 Å². The summed E-state index contributed by atoms with van der Waals surface area (Å²) < 4.78 is 13.2. The van der Waals surface area contributed by atoms with Gasteiger partial charge in [-0.25, -0.2) is 4.39 Å². The molecule has 0 radical (unpaired) electrons. The predicted octanol–water partition coefficient (Wildman–Crippen LogP) is 3.76. The third-order valence-electron chi connectivity index (χ3n) is 2.63. The van der Waals surface area contributed by atoms with Crippen LogP contribution in [0.15, 0.2) is 18.2 Å². The van der Waals surface area contributed by atoms with Crippen molar-refractivity contribution in [3.05, 3.63) is 29.6 Å². The molecule has 0 saturated carbocycles. The average Bonchev–Trinajstić information content (AvgIpc) is 2.78. The van der Waals surface area contributed by atoms with Crippen molar-refractivity contribution in [2.75, 3.05) is 18.0 Å². The molecule has 1 aliphatic heterocycles. The third kappa shape index (κ3) is 2.95. The number of aryl methyl sites for hydroxylation is 1. The van der Waals surface area contributed by atoms with Crippen LogP contribution in [-0.2, 0) is 0 Å². The van der Waals surface area contributed by atoms with Crippen molar-refractivity contribution in [2.45, 2.75) is 33.6 Å². The highest BCUT2D eigenvalue weighted by molar-refractivity contribution is 5.48. The molecule has 0 spiro atoms. The van der Waals surface area contributed by atoms with Gasteiger partial charge >= 0.3 is 0 Å². The zero-order valence-corrected chi connectivity index (χ0v) is 9.89. The van der Waals surface area contributed by atoms with Crippen LogP contribution in [0.25, 0.3) is 0 Å². The van der Waals surface area contributed by atoms with Crippen LogP contribution in [0.4, 0.5) is 10.1 Å². The fourth-order valence-electron chi connectivity index (χ4n) is 1.75. The molecule has 1 aromatic carbocycles. The first kappa shape index (κ1) is 12.0. The Morgan fingerprint density at radius 3 is 2.27 bits per heavy atom. The molecular formula is C13H20FN. The van der Waals surface area contributed by atoms with Crippen LogP contribution in [0.2, 0.25) is 0 Å². The van der Waals surface area contributed by atoms with Crippen LogP contribution in [0.5, 0.6) is 0 Å². The maximum absolute atomic E-state index is 13.2. The summed E-state index contributed by atoms with van der Waals surface area (Å²) in [4.78, 5) is 2.24. The van der Waals surface area contributed by atoms with Gasteiger partial charge in [0.05, 0.1) is 0 Å². The van der Waals surface area contributed by atoms with Gasteiger partial charge in [-0.3, -0.25) is 0 Å². The number of hydrogen-bond acceptors (Lipinski definition) is 1. The van der Waals surface area contributed by atoms with Crippen LogP contribution < -0.4 is 4.90 Å². The summed E-state index contributed by atoms with van der Waals surface area (Å²) in [6, 6.07) is 5.49. The van der Waals surface area contributed by atoms with Crippen LogP contribution in [0.3, 0.4) is 0 Å². The van der Waals surface area contributed by atoms with Crippen molar-refractivity contribution in [1.29, 1.82) is 0 Å². The minimum Gasteiger partial charge on any atom is -0.371 e. The number of nitrogens with zero attached hydrogens (tertiary/aromatic N) is 1. The second-order valence-electron chi connectivity index (χ2n) is 3.63. The summed E-state index contributed by atoms with van der Waals surface area (Å²) in [5, 5.41) is 0. The van der Waals surface area contributed by atoms with Gasteiger partial charge in [0.2, 0.25) is 0 Å². The molecule has 1 nitrogen and oxygen atoms in total. The smallest absolute Gasteiger partial charge is 0.128 e. The summed E-state index contributed by atoms with van der Waals surface area (Å²) >= 11 is 0. The molecular weight excluding hydrogens is 189 g/mol. The standard InChI is InChI=1S/C11H14FN.C2H6/c1-9-4-5-10(8-11(9)12)13-6-2-3-7-13;1-2/h4-5,8H,2-3,6-7H2,1H3;1-2H3. The minimum absolute atomic E-state index is 0.0931. The molecule has 0 aromatic heterocycles. The Morgan fingerprint density at radius 2 is 1.73 bits per heavy atom. The molecule has 1 fully saturated rings. The molecule has 1 aliphatic rings. The molecule has 2 heteroatoms. The number of anilines is 1. The van der Waals surface area contributed by atoms with Gasteiger partial charge in [0, 0.05) is 18.8 Å². The molecule has 1 aromatic rings. The number of halogens is 1. The van der Waals surface area contributed by atoms with Crippen molar-refractivity contribution < 1.29 is 4.39 Å². The predicted molar refractivity (Wildman–Crippen MR) is 63.9 cm³/mol. The number of hydrogen-bond donors (Lipinski definition) is 0. The fraction of sp³-hybridized carbons (Fsp3) is 0.538. The summed E-state index contributed by atoms with van der Waals surface area (Å²) in [7, 11) is 0. The molecule has 0 bridgehead atoms. The molecule has 0 unspecified atom stereocenters. The van der Waals surface area contributed by atoms with E-state index in [0.29, 0.717) is 0 Å². The highest BCUT2D eigenvalue weighted by Gasteiger charge is 2.12. The number of benzene rings is 1. The summed E-state index contributed by atoms with van der Waals surface area (Å²) in [5.74, 6) is -0.0931. The van der Waals surface area contributed by atoms with E-state index in [1.165, 1.54) is 12.8 Å². The Bertz CT molecular complexity index is 303. The monoisotopic (exact) mass is 209 g/mol. The SMILES string of the molecule is CC.Cc1ccc(N2CCCC2)cc1F. The van der Waals surface area contributed by atoms with E-state index in [4.69, 9.17) is 0 Å². The summed E-state index contributed by atoms with van der Waals surface area (Å²) in [5.41, 5.74) is 1.75. The Hall–Kier alpha value is -1.05. The zero-order valence-electron chi connectivity index (χ0n) is 9.89. The molecule has 1 heterocycles. The second-order valence-corrected chi connectivity index (χ2v) is 3.63. The van der Waals surface area contributed by atoms with Gasteiger partial charge < -0.3 is 4.90 Å². The third-order valence-corrected chi connectivity index (χ3v) is 2.63. The summed E-state index contributed by atoms with van der Waals surface area (Å²) in [6.07, 6.45) is 2.46.